The van der Waals surface area contributed by atoms with Gasteiger partial charge in [-0.2, -0.15) is 5.10 Å². The molecule has 154 valence electrons. The Morgan fingerprint density at radius 2 is 2.14 bits per heavy atom. The Morgan fingerprint density at radius 1 is 1.31 bits per heavy atom. The molecule has 4 nitrogen and oxygen atoms in total. The minimum absolute atomic E-state index is 0.00686. The van der Waals surface area contributed by atoms with Crippen LogP contribution in [0.2, 0.25) is 0 Å². The molecule has 0 spiro atoms. The number of rotatable bonds is 2. The summed E-state index contributed by atoms with van der Waals surface area (Å²) in [6.07, 6.45) is 9.42. The van der Waals surface area contributed by atoms with Crippen LogP contribution in [0.4, 0.5) is 0 Å². The first-order chi connectivity index (χ1) is 13.9. The number of aliphatic hydroxyl groups is 1. The molecule has 0 radical (unpaired) electrons. The van der Waals surface area contributed by atoms with Gasteiger partial charge in [0.2, 0.25) is 0 Å². The zero-order valence-electron chi connectivity index (χ0n) is 18.0. The second-order valence-electron chi connectivity index (χ2n) is 9.66. The van der Waals surface area contributed by atoms with Crippen LogP contribution in [0.1, 0.15) is 60.9 Å². The number of methoxy groups -OCH3 is 1. The Labute approximate surface area is 173 Å². The van der Waals surface area contributed by atoms with Crippen LogP contribution in [0.25, 0.3) is 6.08 Å². The van der Waals surface area contributed by atoms with Crippen molar-refractivity contribution >= 4 is 6.08 Å². The van der Waals surface area contributed by atoms with Crippen LogP contribution < -0.4 is 4.74 Å². The molecule has 1 aromatic carbocycles. The highest BCUT2D eigenvalue weighted by molar-refractivity contribution is 5.57. The Balaban J connectivity index is 1.48. The van der Waals surface area contributed by atoms with Crippen molar-refractivity contribution in [2.75, 3.05) is 7.11 Å². The van der Waals surface area contributed by atoms with Crippen molar-refractivity contribution in [1.82, 2.24) is 9.78 Å². The fourth-order valence-electron chi connectivity index (χ4n) is 6.54. The molecule has 5 atom stereocenters. The minimum atomic E-state index is -0.342. The van der Waals surface area contributed by atoms with E-state index in [0.717, 1.165) is 36.3 Å². The normalized spacial score (nSPS) is 34.6. The van der Waals surface area contributed by atoms with E-state index in [-0.39, 0.29) is 11.5 Å². The first-order valence-electron chi connectivity index (χ1n) is 11.0. The summed E-state index contributed by atoms with van der Waals surface area (Å²) in [5.74, 6) is 2.80. The van der Waals surface area contributed by atoms with Crippen LogP contribution in [-0.4, -0.2) is 28.1 Å². The molecule has 0 saturated heterocycles. The van der Waals surface area contributed by atoms with E-state index in [0.29, 0.717) is 17.8 Å². The summed E-state index contributed by atoms with van der Waals surface area (Å²) in [5.41, 5.74) is 6.49. The van der Waals surface area contributed by atoms with Gasteiger partial charge < -0.3 is 9.84 Å². The topological polar surface area (TPSA) is 47.3 Å². The van der Waals surface area contributed by atoms with Gasteiger partial charge in [0.05, 0.1) is 19.4 Å². The lowest BCUT2D eigenvalue weighted by Gasteiger charge is -2.49. The van der Waals surface area contributed by atoms with Crippen molar-refractivity contribution < 1.29 is 9.84 Å². The lowest BCUT2D eigenvalue weighted by atomic mass is 9.55. The summed E-state index contributed by atoms with van der Waals surface area (Å²) in [6.45, 7) is 4.43. The van der Waals surface area contributed by atoms with E-state index in [1.54, 1.807) is 7.11 Å². The van der Waals surface area contributed by atoms with Gasteiger partial charge in [-0.3, -0.25) is 4.68 Å². The molecule has 2 aromatic rings. The minimum Gasteiger partial charge on any atom is -0.497 e. The number of aryl methyl sites for hydroxylation is 2. The molecule has 2 fully saturated rings. The highest BCUT2D eigenvalue weighted by atomic mass is 16.5. The zero-order valence-corrected chi connectivity index (χ0v) is 18.0. The molecule has 3 aliphatic carbocycles. The van der Waals surface area contributed by atoms with Crippen molar-refractivity contribution in [2.45, 2.75) is 58.0 Å². The summed E-state index contributed by atoms with van der Waals surface area (Å²) in [7, 11) is 3.72. The number of aliphatic hydroxyl groups excluding tert-OH is 1. The van der Waals surface area contributed by atoms with Crippen LogP contribution in [0.15, 0.2) is 30.0 Å². The summed E-state index contributed by atoms with van der Waals surface area (Å²) >= 11 is 0. The Hall–Kier alpha value is -2.07. The molecule has 29 heavy (non-hydrogen) atoms. The molecule has 1 aromatic heterocycles. The van der Waals surface area contributed by atoms with E-state index in [1.165, 1.54) is 29.5 Å². The predicted octanol–water partition coefficient (Wildman–Crippen LogP) is 4.65. The van der Waals surface area contributed by atoms with Crippen LogP contribution in [0.5, 0.6) is 5.75 Å². The standard InChI is InChI=1S/C25H32N2O2/c1-15-18(14-26-27(15)3)11-17-13-23-22-7-5-16-12-19(29-4)6-8-20(16)21(22)9-10-25(23,2)24(17)28/h6,8,11-12,14,21-24,28H,5,7,9-10,13H2,1-4H3/b17-11+/t21-,22-,23-,24+,25+/m1/s1. The maximum absolute atomic E-state index is 11.3. The quantitative estimate of drug-likeness (QED) is 0.809. The van der Waals surface area contributed by atoms with Crippen molar-refractivity contribution in [3.63, 3.8) is 0 Å². The van der Waals surface area contributed by atoms with Gasteiger partial charge in [-0.15, -0.1) is 0 Å². The average molecular weight is 393 g/mol. The Bertz CT molecular complexity index is 975. The van der Waals surface area contributed by atoms with E-state index < -0.39 is 0 Å². The lowest BCUT2D eigenvalue weighted by molar-refractivity contribution is -0.0158. The summed E-state index contributed by atoms with van der Waals surface area (Å²) in [6, 6.07) is 6.66. The highest BCUT2D eigenvalue weighted by Crippen LogP contribution is 2.62. The number of hydrogen-bond acceptors (Lipinski definition) is 3. The van der Waals surface area contributed by atoms with Gasteiger partial charge in [0.1, 0.15) is 5.75 Å². The van der Waals surface area contributed by atoms with Crippen LogP contribution in [0, 0.1) is 24.2 Å². The molecule has 2 saturated carbocycles. The second kappa shape index (κ2) is 6.73. The van der Waals surface area contributed by atoms with E-state index in [2.05, 4.69) is 43.2 Å². The molecular formula is C25H32N2O2. The third kappa shape index (κ3) is 2.79. The molecule has 0 amide bonds. The summed E-state index contributed by atoms with van der Waals surface area (Å²) < 4.78 is 7.36. The van der Waals surface area contributed by atoms with Gasteiger partial charge in [0.25, 0.3) is 0 Å². The van der Waals surface area contributed by atoms with E-state index in [1.807, 2.05) is 17.9 Å². The third-order valence-electron chi connectivity index (χ3n) is 8.42. The number of hydrogen-bond donors (Lipinski definition) is 1. The highest BCUT2D eigenvalue weighted by Gasteiger charge is 2.56. The monoisotopic (exact) mass is 392 g/mol. The number of benzene rings is 1. The Kier molecular flexibility index (Phi) is 4.39. The smallest absolute Gasteiger partial charge is 0.119 e. The maximum atomic E-state index is 11.3. The number of fused-ring (bicyclic) bond motifs is 5. The van der Waals surface area contributed by atoms with E-state index in [9.17, 15) is 5.11 Å². The number of ether oxygens (including phenoxy) is 1. The zero-order chi connectivity index (χ0) is 20.3. The predicted molar refractivity (Wildman–Crippen MR) is 115 cm³/mol. The van der Waals surface area contributed by atoms with Crippen LogP contribution >= 0.6 is 0 Å². The van der Waals surface area contributed by atoms with Gasteiger partial charge in [0.15, 0.2) is 0 Å². The first kappa shape index (κ1) is 18.9. The van der Waals surface area contributed by atoms with Crippen LogP contribution in [-0.2, 0) is 13.5 Å². The molecule has 0 aliphatic heterocycles. The van der Waals surface area contributed by atoms with E-state index in [4.69, 9.17) is 4.74 Å². The van der Waals surface area contributed by atoms with E-state index >= 15 is 0 Å². The molecule has 0 bridgehead atoms. The van der Waals surface area contributed by atoms with Gasteiger partial charge in [-0.05, 0) is 91.7 Å². The maximum Gasteiger partial charge on any atom is 0.119 e. The molecule has 5 rings (SSSR count). The molecule has 3 aliphatic rings. The van der Waals surface area contributed by atoms with Gasteiger partial charge >= 0.3 is 0 Å². The van der Waals surface area contributed by atoms with Crippen molar-refractivity contribution in [1.29, 1.82) is 0 Å². The number of nitrogens with zero attached hydrogens (tertiary/aromatic N) is 2. The second-order valence-corrected chi connectivity index (χ2v) is 9.66. The lowest BCUT2D eigenvalue weighted by Crippen LogP contribution is -2.44. The summed E-state index contributed by atoms with van der Waals surface area (Å²) in [5, 5.41) is 15.7. The van der Waals surface area contributed by atoms with Gasteiger partial charge in [-0.25, -0.2) is 0 Å². The van der Waals surface area contributed by atoms with Crippen molar-refractivity contribution in [2.24, 2.45) is 24.3 Å². The summed E-state index contributed by atoms with van der Waals surface area (Å²) in [4.78, 5) is 0. The van der Waals surface area contributed by atoms with Gasteiger partial charge in [-0.1, -0.05) is 13.0 Å². The molecule has 0 unspecified atom stereocenters. The Morgan fingerprint density at radius 3 is 2.86 bits per heavy atom. The molecular weight excluding hydrogens is 360 g/mol. The van der Waals surface area contributed by atoms with Crippen LogP contribution in [0.3, 0.4) is 0 Å². The van der Waals surface area contributed by atoms with Crippen molar-refractivity contribution in [3.05, 3.63) is 52.4 Å². The fourth-order valence-corrected chi connectivity index (χ4v) is 6.54. The molecule has 1 heterocycles. The largest absolute Gasteiger partial charge is 0.497 e. The first-order valence-corrected chi connectivity index (χ1v) is 11.0. The third-order valence-corrected chi connectivity index (χ3v) is 8.42. The SMILES string of the molecule is COc1ccc2c(c1)CC[C@@H]1[C@@H]2CC[C@@]2(C)[C@@H]1C/C(=C\c1cnn(C)c1C)[C@@H]2O. The van der Waals surface area contributed by atoms with Crippen molar-refractivity contribution in [3.8, 4) is 5.75 Å². The molecule has 1 N–H and O–H groups in total. The molecule has 4 heteroatoms. The fraction of sp³-hybridized carbons (Fsp3) is 0.560. The number of aromatic nitrogens is 2. The van der Waals surface area contributed by atoms with Gasteiger partial charge in [0, 0.05) is 23.7 Å². The average Bonchev–Trinajstić information content (AvgIpc) is 3.18.